The predicted octanol–water partition coefficient (Wildman–Crippen LogP) is 1.28. The van der Waals surface area contributed by atoms with Gasteiger partial charge >= 0.3 is 0 Å². The van der Waals surface area contributed by atoms with Crippen LogP contribution in [0.5, 0.6) is 5.75 Å². The Morgan fingerprint density at radius 3 is 2.50 bits per heavy atom. The van der Waals surface area contributed by atoms with E-state index < -0.39 is 27.0 Å². The minimum Gasteiger partial charge on any atom is -0.494 e. The van der Waals surface area contributed by atoms with E-state index in [-0.39, 0.29) is 9.45 Å². The molecule has 0 aliphatic heterocycles. The van der Waals surface area contributed by atoms with Gasteiger partial charge in [-0.1, -0.05) is 0 Å². The third kappa shape index (κ3) is 2.77. The highest BCUT2D eigenvalue weighted by atomic mass is 127. The summed E-state index contributed by atoms with van der Waals surface area (Å²) in [7, 11) is -2.95. The molecule has 0 aliphatic rings. The van der Waals surface area contributed by atoms with Gasteiger partial charge in [0.15, 0.2) is 5.75 Å². The second-order valence-electron chi connectivity index (χ2n) is 2.72. The Morgan fingerprint density at radius 2 is 2.12 bits per heavy atom. The molecule has 0 bridgehead atoms. The summed E-state index contributed by atoms with van der Waals surface area (Å²) < 4.78 is 51.7. The molecule has 0 aromatic carbocycles. The maximum absolute atomic E-state index is 12.5. The van der Waals surface area contributed by atoms with Gasteiger partial charge in [-0.05, 0) is 28.7 Å². The lowest BCUT2D eigenvalue weighted by atomic mass is 10.3. The van der Waals surface area contributed by atoms with Crippen LogP contribution in [0.1, 0.15) is 12.0 Å². The third-order valence-corrected chi connectivity index (χ3v) is 3.36. The number of aromatic nitrogens is 1. The molecule has 9 heteroatoms. The Labute approximate surface area is 104 Å². The zero-order valence-corrected chi connectivity index (χ0v) is 10.9. The van der Waals surface area contributed by atoms with Crippen LogP contribution in [0.4, 0.5) is 8.78 Å². The van der Waals surface area contributed by atoms with Gasteiger partial charge in [0.25, 0.3) is 16.4 Å². The maximum atomic E-state index is 12.5. The molecule has 90 valence electrons. The molecule has 0 radical (unpaired) electrons. The summed E-state index contributed by atoms with van der Waals surface area (Å²) in [5.41, 5.74) is -0.398. The molecule has 0 aliphatic carbocycles. The second kappa shape index (κ2) is 4.75. The summed E-state index contributed by atoms with van der Waals surface area (Å²) in [6, 6.07) is 0.916. The molecule has 0 spiro atoms. The molecule has 1 aromatic heterocycles. The number of sulfonamides is 1. The lowest BCUT2D eigenvalue weighted by Crippen LogP contribution is -2.16. The van der Waals surface area contributed by atoms with E-state index in [0.717, 1.165) is 13.2 Å². The molecule has 0 amide bonds. The zero-order valence-electron chi connectivity index (χ0n) is 7.95. The van der Waals surface area contributed by atoms with Crippen molar-refractivity contribution in [1.82, 2.24) is 4.98 Å². The van der Waals surface area contributed by atoms with Gasteiger partial charge in [0, 0.05) is 0 Å². The quantitative estimate of drug-likeness (QED) is 0.647. The van der Waals surface area contributed by atoms with Crippen molar-refractivity contribution in [1.29, 1.82) is 0 Å². The van der Waals surface area contributed by atoms with E-state index in [9.17, 15) is 17.2 Å². The van der Waals surface area contributed by atoms with Crippen molar-refractivity contribution in [2.75, 3.05) is 7.11 Å². The monoisotopic (exact) mass is 364 g/mol. The van der Waals surface area contributed by atoms with Gasteiger partial charge in [0.05, 0.1) is 12.7 Å². The largest absolute Gasteiger partial charge is 0.494 e. The van der Waals surface area contributed by atoms with Crippen LogP contribution < -0.4 is 9.88 Å². The molecule has 1 rings (SSSR count). The fourth-order valence-corrected chi connectivity index (χ4v) is 2.41. The fourth-order valence-electron chi connectivity index (χ4n) is 0.974. The molecular formula is C7H7F2IN2O3S. The van der Waals surface area contributed by atoms with Crippen molar-refractivity contribution in [3.8, 4) is 5.75 Å². The Morgan fingerprint density at radius 1 is 1.56 bits per heavy atom. The van der Waals surface area contributed by atoms with Crippen LogP contribution in [0.15, 0.2) is 11.1 Å². The summed E-state index contributed by atoms with van der Waals surface area (Å²) in [6.07, 6.45) is -2.76. The molecule has 16 heavy (non-hydrogen) atoms. The maximum Gasteiger partial charge on any atom is 0.266 e. The normalized spacial score (nSPS) is 11.9. The molecule has 0 atom stereocenters. The van der Waals surface area contributed by atoms with Crippen molar-refractivity contribution >= 4 is 32.6 Å². The highest BCUT2D eigenvalue weighted by Crippen LogP contribution is 2.30. The minimum absolute atomic E-state index is 0.127. The van der Waals surface area contributed by atoms with Crippen molar-refractivity contribution in [3.63, 3.8) is 0 Å². The highest BCUT2D eigenvalue weighted by Gasteiger charge is 2.23. The zero-order chi connectivity index (χ0) is 12.5. The fraction of sp³-hybridized carbons (Fsp3) is 0.286. The van der Waals surface area contributed by atoms with Crippen LogP contribution in [0, 0.1) is 3.70 Å². The molecule has 0 saturated heterocycles. The van der Waals surface area contributed by atoms with E-state index in [0.29, 0.717) is 0 Å². The van der Waals surface area contributed by atoms with Crippen LogP contribution in [0.2, 0.25) is 0 Å². The second-order valence-corrected chi connectivity index (χ2v) is 5.22. The molecule has 0 unspecified atom stereocenters. The number of ether oxygens (including phenoxy) is 1. The van der Waals surface area contributed by atoms with E-state index in [2.05, 4.69) is 9.72 Å². The van der Waals surface area contributed by atoms with Gasteiger partial charge in [0.1, 0.15) is 3.70 Å². The van der Waals surface area contributed by atoms with Crippen LogP contribution in [0.3, 0.4) is 0 Å². The van der Waals surface area contributed by atoms with Gasteiger partial charge in [-0.2, -0.15) is 0 Å². The molecule has 0 saturated carbocycles. The molecule has 0 fully saturated rings. The van der Waals surface area contributed by atoms with Crippen molar-refractivity contribution < 1.29 is 21.9 Å². The van der Waals surface area contributed by atoms with E-state index in [4.69, 9.17) is 5.14 Å². The van der Waals surface area contributed by atoms with Crippen molar-refractivity contribution in [3.05, 3.63) is 15.3 Å². The van der Waals surface area contributed by atoms with E-state index in [1.807, 2.05) is 0 Å². The molecule has 2 N–H and O–H groups in total. The van der Waals surface area contributed by atoms with Crippen LogP contribution in [-0.2, 0) is 10.0 Å². The summed E-state index contributed by atoms with van der Waals surface area (Å²) in [5, 5.41) is 4.32. The number of nitrogens with zero attached hydrogens (tertiary/aromatic N) is 1. The number of hydrogen-bond donors (Lipinski definition) is 1. The van der Waals surface area contributed by atoms with Crippen LogP contribution >= 0.6 is 22.6 Å². The molecular weight excluding hydrogens is 357 g/mol. The van der Waals surface area contributed by atoms with Crippen LogP contribution in [0.25, 0.3) is 0 Å². The van der Waals surface area contributed by atoms with Crippen LogP contribution in [-0.4, -0.2) is 20.5 Å². The Kier molecular flexibility index (Phi) is 4.02. The number of nitrogens with two attached hydrogens (primary N) is 1. The lowest BCUT2D eigenvalue weighted by Gasteiger charge is -2.09. The predicted molar refractivity (Wildman–Crippen MR) is 59.8 cm³/mol. The summed E-state index contributed by atoms with van der Waals surface area (Å²) in [6.45, 7) is 0. The summed E-state index contributed by atoms with van der Waals surface area (Å²) >= 11 is 1.51. The Bertz CT molecular complexity index is 507. The molecule has 1 heterocycles. The van der Waals surface area contributed by atoms with E-state index in [1.54, 1.807) is 0 Å². The number of alkyl halides is 2. The number of hydrogen-bond acceptors (Lipinski definition) is 4. The first kappa shape index (κ1) is 13.5. The van der Waals surface area contributed by atoms with Gasteiger partial charge in [-0.15, -0.1) is 0 Å². The topological polar surface area (TPSA) is 82.3 Å². The van der Waals surface area contributed by atoms with Crippen molar-refractivity contribution in [2.45, 2.75) is 11.5 Å². The number of methoxy groups -OCH3 is 1. The standard InChI is InChI=1S/C7H7F2IN2O3S/c1-15-4-2-3(5(8)9)6(10)12-7(4)16(11,13)14/h2,5H,1H3,(H2,11,13,14). The average molecular weight is 364 g/mol. The van der Waals surface area contributed by atoms with E-state index >= 15 is 0 Å². The average Bonchev–Trinajstić information content (AvgIpc) is 2.15. The molecule has 1 aromatic rings. The third-order valence-electron chi connectivity index (χ3n) is 1.66. The van der Waals surface area contributed by atoms with Gasteiger partial charge in [-0.25, -0.2) is 27.3 Å². The van der Waals surface area contributed by atoms with E-state index in [1.165, 1.54) is 22.6 Å². The lowest BCUT2D eigenvalue weighted by molar-refractivity contribution is 0.149. The molecule has 5 nitrogen and oxygen atoms in total. The highest BCUT2D eigenvalue weighted by molar-refractivity contribution is 14.1. The number of halogens is 3. The number of rotatable bonds is 3. The van der Waals surface area contributed by atoms with Gasteiger partial charge in [0.2, 0.25) is 5.03 Å². The van der Waals surface area contributed by atoms with Crippen molar-refractivity contribution in [2.24, 2.45) is 5.14 Å². The smallest absolute Gasteiger partial charge is 0.266 e. The number of pyridine rings is 1. The van der Waals surface area contributed by atoms with Gasteiger partial charge < -0.3 is 4.74 Å². The Balaban J connectivity index is 3.51. The minimum atomic E-state index is -4.10. The first-order valence-electron chi connectivity index (χ1n) is 3.82. The first-order valence-corrected chi connectivity index (χ1v) is 6.45. The number of primary sulfonamides is 1. The summed E-state index contributed by atoms with van der Waals surface area (Å²) in [4.78, 5) is 3.51. The summed E-state index contributed by atoms with van der Waals surface area (Å²) in [5.74, 6) is -0.293. The Hall–Kier alpha value is -0.550. The first-order chi connectivity index (χ1) is 7.27. The van der Waals surface area contributed by atoms with Gasteiger partial charge in [-0.3, -0.25) is 0 Å². The SMILES string of the molecule is COc1cc(C(F)F)c(I)nc1S(N)(=O)=O.